The summed E-state index contributed by atoms with van der Waals surface area (Å²) >= 11 is 0. The number of hydrogen-bond acceptors (Lipinski definition) is 3. The lowest BCUT2D eigenvalue weighted by Gasteiger charge is -2.10. The maximum Gasteiger partial charge on any atom is 0.122 e. The lowest BCUT2D eigenvalue weighted by Crippen LogP contribution is -2.19. The van der Waals surface area contributed by atoms with Crippen molar-refractivity contribution in [3.63, 3.8) is 0 Å². The number of terminal acetylenes is 1. The fourth-order valence-corrected chi connectivity index (χ4v) is 1.38. The van der Waals surface area contributed by atoms with Crippen LogP contribution in [0.15, 0.2) is 24.3 Å². The third kappa shape index (κ3) is 4.18. The SMILES string of the molecule is C#CCNC(C#N)c1ccc(OCCC)cc1. The number of rotatable bonds is 6. The van der Waals surface area contributed by atoms with Gasteiger partial charge in [0.2, 0.25) is 0 Å². The van der Waals surface area contributed by atoms with Crippen LogP contribution in [0.1, 0.15) is 24.9 Å². The third-order valence-electron chi connectivity index (χ3n) is 2.22. The Morgan fingerprint density at radius 2 is 2.12 bits per heavy atom. The molecule has 1 unspecified atom stereocenters. The van der Waals surface area contributed by atoms with Gasteiger partial charge in [0.15, 0.2) is 0 Å². The first kappa shape index (κ1) is 13.1. The molecule has 0 saturated heterocycles. The molecule has 3 heteroatoms. The molecule has 1 N–H and O–H groups in total. The zero-order valence-corrected chi connectivity index (χ0v) is 9.94. The van der Waals surface area contributed by atoms with Gasteiger partial charge in [0.1, 0.15) is 11.8 Å². The van der Waals surface area contributed by atoms with Crippen molar-refractivity contribution >= 4 is 0 Å². The summed E-state index contributed by atoms with van der Waals surface area (Å²) in [6, 6.07) is 9.29. The molecule has 88 valence electrons. The van der Waals surface area contributed by atoms with E-state index < -0.39 is 0 Å². The summed E-state index contributed by atoms with van der Waals surface area (Å²) in [7, 11) is 0. The second-order valence-electron chi connectivity index (χ2n) is 3.56. The Kier molecular flexibility index (Phi) is 5.64. The molecule has 0 fully saturated rings. The van der Waals surface area contributed by atoms with Crippen LogP contribution in [0.4, 0.5) is 0 Å². The molecule has 1 aromatic rings. The molecule has 0 spiro atoms. The van der Waals surface area contributed by atoms with Gasteiger partial charge in [-0.05, 0) is 24.1 Å². The van der Waals surface area contributed by atoms with E-state index in [2.05, 4.69) is 24.2 Å². The van der Waals surface area contributed by atoms with Crippen LogP contribution in [0.25, 0.3) is 0 Å². The number of hydrogen-bond donors (Lipinski definition) is 1. The second kappa shape index (κ2) is 7.33. The van der Waals surface area contributed by atoms with E-state index in [4.69, 9.17) is 16.4 Å². The monoisotopic (exact) mass is 228 g/mol. The van der Waals surface area contributed by atoms with Crippen molar-refractivity contribution in [3.05, 3.63) is 29.8 Å². The molecule has 0 aliphatic rings. The van der Waals surface area contributed by atoms with E-state index in [1.807, 2.05) is 24.3 Å². The maximum absolute atomic E-state index is 9.00. The zero-order chi connectivity index (χ0) is 12.5. The molecule has 0 amide bonds. The van der Waals surface area contributed by atoms with Gasteiger partial charge in [0.05, 0.1) is 19.2 Å². The van der Waals surface area contributed by atoms with E-state index in [1.54, 1.807) is 0 Å². The lowest BCUT2D eigenvalue weighted by atomic mass is 10.1. The zero-order valence-electron chi connectivity index (χ0n) is 9.94. The Morgan fingerprint density at radius 1 is 1.41 bits per heavy atom. The molecule has 0 aliphatic carbocycles. The lowest BCUT2D eigenvalue weighted by molar-refractivity contribution is 0.317. The van der Waals surface area contributed by atoms with Crippen LogP contribution < -0.4 is 10.1 Å². The molecule has 17 heavy (non-hydrogen) atoms. The van der Waals surface area contributed by atoms with Gasteiger partial charge >= 0.3 is 0 Å². The number of nitrogens with one attached hydrogen (secondary N) is 1. The minimum atomic E-state index is -0.369. The highest BCUT2D eigenvalue weighted by molar-refractivity contribution is 5.31. The minimum Gasteiger partial charge on any atom is -0.494 e. The third-order valence-corrected chi connectivity index (χ3v) is 2.22. The molecule has 0 bridgehead atoms. The highest BCUT2D eigenvalue weighted by Gasteiger charge is 2.08. The highest BCUT2D eigenvalue weighted by Crippen LogP contribution is 2.17. The molecule has 0 saturated carbocycles. The van der Waals surface area contributed by atoms with Gasteiger partial charge in [-0.3, -0.25) is 5.32 Å². The van der Waals surface area contributed by atoms with E-state index in [1.165, 1.54) is 0 Å². The van der Waals surface area contributed by atoms with Crippen LogP contribution in [0.2, 0.25) is 0 Å². The van der Waals surface area contributed by atoms with Gasteiger partial charge in [-0.15, -0.1) is 6.42 Å². The standard InChI is InChI=1S/C14H16N2O/c1-3-9-16-14(11-15)12-5-7-13(8-6-12)17-10-4-2/h1,5-8,14,16H,4,9-10H2,2H3. The molecule has 0 radical (unpaired) electrons. The van der Waals surface area contributed by atoms with Gasteiger partial charge in [-0.2, -0.15) is 5.26 Å². The first-order valence-corrected chi connectivity index (χ1v) is 5.61. The second-order valence-corrected chi connectivity index (χ2v) is 3.56. The Labute approximate surface area is 102 Å². The normalized spacial score (nSPS) is 11.2. The quantitative estimate of drug-likeness (QED) is 0.760. The average molecular weight is 228 g/mol. The number of nitriles is 1. The van der Waals surface area contributed by atoms with Crippen LogP contribution in [-0.4, -0.2) is 13.2 Å². The van der Waals surface area contributed by atoms with Crippen LogP contribution >= 0.6 is 0 Å². The Morgan fingerprint density at radius 3 is 2.65 bits per heavy atom. The molecule has 0 aliphatic heterocycles. The van der Waals surface area contributed by atoms with Gasteiger partial charge in [-0.1, -0.05) is 25.0 Å². The summed E-state index contributed by atoms with van der Waals surface area (Å²) in [5.41, 5.74) is 0.895. The van der Waals surface area contributed by atoms with Crippen LogP contribution in [-0.2, 0) is 0 Å². The average Bonchev–Trinajstić information content (AvgIpc) is 2.38. The molecule has 1 aromatic carbocycles. The van der Waals surface area contributed by atoms with Crippen molar-refractivity contribution in [3.8, 4) is 24.2 Å². The van der Waals surface area contributed by atoms with E-state index in [0.717, 1.165) is 17.7 Å². The molecule has 1 atom stereocenters. The van der Waals surface area contributed by atoms with Gasteiger partial charge in [-0.25, -0.2) is 0 Å². The van der Waals surface area contributed by atoms with E-state index >= 15 is 0 Å². The fraction of sp³-hybridized carbons (Fsp3) is 0.357. The van der Waals surface area contributed by atoms with Crippen molar-refractivity contribution in [2.24, 2.45) is 0 Å². The van der Waals surface area contributed by atoms with Crippen LogP contribution in [0.5, 0.6) is 5.75 Å². The first-order valence-electron chi connectivity index (χ1n) is 5.61. The Bertz CT molecular complexity index is 411. The van der Waals surface area contributed by atoms with E-state index in [-0.39, 0.29) is 6.04 Å². The smallest absolute Gasteiger partial charge is 0.122 e. The van der Waals surface area contributed by atoms with Gasteiger partial charge in [0.25, 0.3) is 0 Å². The largest absolute Gasteiger partial charge is 0.494 e. The molecule has 0 aromatic heterocycles. The van der Waals surface area contributed by atoms with Crippen molar-refractivity contribution in [2.45, 2.75) is 19.4 Å². The van der Waals surface area contributed by atoms with Crippen molar-refractivity contribution in [1.29, 1.82) is 5.26 Å². The van der Waals surface area contributed by atoms with Crippen molar-refractivity contribution in [2.75, 3.05) is 13.2 Å². The highest BCUT2D eigenvalue weighted by atomic mass is 16.5. The van der Waals surface area contributed by atoms with Crippen LogP contribution in [0, 0.1) is 23.7 Å². The molecule has 0 heterocycles. The Balaban J connectivity index is 2.65. The first-order chi connectivity index (χ1) is 8.31. The summed E-state index contributed by atoms with van der Waals surface area (Å²) in [4.78, 5) is 0. The summed E-state index contributed by atoms with van der Waals surface area (Å²) in [6.07, 6.45) is 6.13. The predicted octanol–water partition coefficient (Wildman–Crippen LogP) is 2.26. The fourth-order valence-electron chi connectivity index (χ4n) is 1.38. The topological polar surface area (TPSA) is 45.0 Å². The van der Waals surface area contributed by atoms with Gasteiger partial charge in [0, 0.05) is 0 Å². The van der Waals surface area contributed by atoms with Crippen molar-refractivity contribution in [1.82, 2.24) is 5.32 Å². The predicted molar refractivity (Wildman–Crippen MR) is 67.4 cm³/mol. The van der Waals surface area contributed by atoms with Crippen LogP contribution in [0.3, 0.4) is 0 Å². The van der Waals surface area contributed by atoms with Gasteiger partial charge < -0.3 is 4.74 Å². The summed E-state index contributed by atoms with van der Waals surface area (Å²) < 4.78 is 5.47. The minimum absolute atomic E-state index is 0.369. The number of nitrogens with zero attached hydrogens (tertiary/aromatic N) is 1. The van der Waals surface area contributed by atoms with Crippen molar-refractivity contribution < 1.29 is 4.74 Å². The summed E-state index contributed by atoms with van der Waals surface area (Å²) in [6.45, 7) is 3.15. The Hall–Kier alpha value is -1.97. The molecular formula is C14H16N2O. The summed E-state index contributed by atoms with van der Waals surface area (Å²) in [5, 5.41) is 12.0. The number of ether oxygens (including phenoxy) is 1. The van der Waals surface area contributed by atoms with E-state index in [9.17, 15) is 0 Å². The maximum atomic E-state index is 9.00. The molecular weight excluding hydrogens is 212 g/mol. The summed E-state index contributed by atoms with van der Waals surface area (Å²) in [5.74, 6) is 3.28. The van der Waals surface area contributed by atoms with E-state index in [0.29, 0.717) is 13.2 Å². The molecule has 1 rings (SSSR count). The molecule has 3 nitrogen and oxygen atoms in total. The number of benzene rings is 1.